The quantitative estimate of drug-likeness (QED) is 0.436. The number of fused-ring (bicyclic) bond motifs is 1. The van der Waals surface area contributed by atoms with Gasteiger partial charge in [-0.2, -0.15) is 0 Å². The standard InChI is InChI=1S/C22H24ClN5O3/c1-12(29)22(31)28-14-8-6-13(7-9-14)27-21-18-16(10-24-20(18)25-11-26-21)19(30)15-4-2-3-5-17(15)23/h2-5,10-14,29H,6-9H2,1H3,(H,28,31)(H2,24,25,26,27)/t12-,13?,14?/m0/s1. The van der Waals surface area contributed by atoms with Crippen LogP contribution in [-0.4, -0.2) is 49.9 Å². The molecule has 0 saturated heterocycles. The van der Waals surface area contributed by atoms with Gasteiger partial charge in [0.1, 0.15) is 23.9 Å². The molecule has 0 radical (unpaired) electrons. The molecule has 4 N–H and O–H groups in total. The molecule has 8 nitrogen and oxygen atoms in total. The number of benzene rings is 1. The van der Waals surface area contributed by atoms with Crippen molar-refractivity contribution in [1.82, 2.24) is 20.3 Å². The van der Waals surface area contributed by atoms with Gasteiger partial charge in [-0.15, -0.1) is 0 Å². The van der Waals surface area contributed by atoms with E-state index in [-0.39, 0.29) is 23.8 Å². The molecular weight excluding hydrogens is 418 g/mol. The normalized spacial score (nSPS) is 19.7. The van der Waals surface area contributed by atoms with Crippen molar-refractivity contribution in [2.75, 3.05) is 5.32 Å². The summed E-state index contributed by atoms with van der Waals surface area (Å²) in [5.74, 6) is 0.0568. The Hall–Kier alpha value is -2.97. The van der Waals surface area contributed by atoms with Gasteiger partial charge in [-0.3, -0.25) is 9.59 Å². The number of ketones is 1. The van der Waals surface area contributed by atoms with Crippen LogP contribution in [0.4, 0.5) is 5.82 Å². The number of anilines is 1. The lowest BCUT2D eigenvalue weighted by molar-refractivity contribution is -0.129. The van der Waals surface area contributed by atoms with E-state index in [1.54, 1.807) is 30.5 Å². The van der Waals surface area contributed by atoms with E-state index in [9.17, 15) is 14.7 Å². The predicted molar refractivity (Wildman–Crippen MR) is 118 cm³/mol. The van der Waals surface area contributed by atoms with Gasteiger partial charge in [0.25, 0.3) is 0 Å². The lowest BCUT2D eigenvalue weighted by Crippen LogP contribution is -2.43. The number of aromatic nitrogens is 3. The van der Waals surface area contributed by atoms with Gasteiger partial charge < -0.3 is 20.7 Å². The van der Waals surface area contributed by atoms with E-state index in [1.807, 2.05) is 0 Å². The Labute approximate surface area is 184 Å². The summed E-state index contributed by atoms with van der Waals surface area (Å²) >= 11 is 6.23. The summed E-state index contributed by atoms with van der Waals surface area (Å²) in [6.07, 6.45) is 5.33. The molecule has 0 aliphatic heterocycles. The fourth-order valence-corrected chi connectivity index (χ4v) is 4.16. The van der Waals surface area contributed by atoms with Crippen molar-refractivity contribution in [2.24, 2.45) is 0 Å². The summed E-state index contributed by atoms with van der Waals surface area (Å²) < 4.78 is 0. The minimum Gasteiger partial charge on any atom is -0.384 e. The minimum atomic E-state index is -1.01. The summed E-state index contributed by atoms with van der Waals surface area (Å²) in [6.45, 7) is 1.46. The summed E-state index contributed by atoms with van der Waals surface area (Å²) in [5.41, 5.74) is 1.46. The molecule has 9 heteroatoms. The van der Waals surface area contributed by atoms with Gasteiger partial charge >= 0.3 is 0 Å². The largest absolute Gasteiger partial charge is 0.384 e. The Morgan fingerprint density at radius 3 is 2.55 bits per heavy atom. The third kappa shape index (κ3) is 4.55. The van der Waals surface area contributed by atoms with Crippen LogP contribution in [-0.2, 0) is 4.79 Å². The number of rotatable bonds is 6. The Kier molecular flexibility index (Phi) is 6.20. The second-order valence-electron chi connectivity index (χ2n) is 7.83. The van der Waals surface area contributed by atoms with Crippen LogP contribution < -0.4 is 10.6 Å². The SMILES string of the molecule is C[C@H](O)C(=O)NC1CCC(Nc2ncnc3[nH]cc(C(=O)c4ccccc4Cl)c23)CC1. The van der Waals surface area contributed by atoms with Crippen molar-refractivity contribution < 1.29 is 14.7 Å². The van der Waals surface area contributed by atoms with Crippen LogP contribution in [0.3, 0.4) is 0 Å². The fourth-order valence-electron chi connectivity index (χ4n) is 3.94. The molecule has 2 aromatic heterocycles. The van der Waals surface area contributed by atoms with E-state index in [4.69, 9.17) is 11.6 Å². The van der Waals surface area contributed by atoms with Gasteiger partial charge in [0.15, 0.2) is 5.78 Å². The van der Waals surface area contributed by atoms with Gasteiger partial charge in [-0.1, -0.05) is 23.7 Å². The van der Waals surface area contributed by atoms with Crippen LogP contribution in [0.25, 0.3) is 11.0 Å². The third-order valence-corrected chi connectivity index (χ3v) is 5.96. The minimum absolute atomic E-state index is 0.0511. The number of nitrogens with one attached hydrogen (secondary N) is 3. The van der Waals surface area contributed by atoms with E-state index in [0.29, 0.717) is 33.0 Å². The number of hydrogen-bond donors (Lipinski definition) is 4. The van der Waals surface area contributed by atoms with Crippen LogP contribution in [0.5, 0.6) is 0 Å². The van der Waals surface area contributed by atoms with Gasteiger partial charge in [-0.05, 0) is 44.7 Å². The van der Waals surface area contributed by atoms with Crippen molar-refractivity contribution in [3.63, 3.8) is 0 Å². The Bertz CT molecular complexity index is 1110. The molecule has 1 fully saturated rings. The molecule has 31 heavy (non-hydrogen) atoms. The number of hydrogen-bond acceptors (Lipinski definition) is 6. The van der Waals surface area contributed by atoms with Crippen LogP contribution in [0.1, 0.15) is 48.5 Å². The molecule has 2 heterocycles. The molecule has 0 unspecified atom stereocenters. The highest BCUT2D eigenvalue weighted by molar-refractivity contribution is 6.35. The van der Waals surface area contributed by atoms with Crippen molar-refractivity contribution in [3.05, 3.63) is 52.9 Å². The number of aliphatic hydroxyl groups excluding tert-OH is 1. The highest BCUT2D eigenvalue weighted by atomic mass is 35.5. The van der Waals surface area contributed by atoms with Crippen LogP contribution in [0.2, 0.25) is 5.02 Å². The van der Waals surface area contributed by atoms with Crippen molar-refractivity contribution in [1.29, 1.82) is 0 Å². The molecule has 1 aliphatic carbocycles. The lowest BCUT2D eigenvalue weighted by Gasteiger charge is -2.30. The second kappa shape index (κ2) is 9.03. The Morgan fingerprint density at radius 2 is 1.84 bits per heavy atom. The number of carbonyl (C=O) groups excluding carboxylic acids is 2. The van der Waals surface area contributed by atoms with E-state index in [1.165, 1.54) is 13.3 Å². The van der Waals surface area contributed by atoms with Crippen molar-refractivity contribution in [2.45, 2.75) is 50.8 Å². The van der Waals surface area contributed by atoms with Crippen molar-refractivity contribution in [3.8, 4) is 0 Å². The van der Waals surface area contributed by atoms with E-state index in [2.05, 4.69) is 25.6 Å². The molecule has 1 amide bonds. The molecule has 0 spiro atoms. The average molecular weight is 442 g/mol. The number of halogens is 1. The van der Waals surface area contributed by atoms with Gasteiger partial charge in [0.05, 0.1) is 16.0 Å². The first-order valence-electron chi connectivity index (χ1n) is 10.3. The molecule has 0 bridgehead atoms. The topological polar surface area (TPSA) is 120 Å². The number of aliphatic hydroxyl groups is 1. The maximum atomic E-state index is 13.1. The van der Waals surface area contributed by atoms with Gasteiger partial charge in [0, 0.05) is 23.8 Å². The summed E-state index contributed by atoms with van der Waals surface area (Å²) in [5, 5.41) is 16.7. The first kappa shape index (κ1) is 21.3. The molecule has 1 aromatic carbocycles. The zero-order valence-corrected chi connectivity index (χ0v) is 17.8. The maximum Gasteiger partial charge on any atom is 0.248 e. The summed E-state index contributed by atoms with van der Waals surface area (Å²) in [7, 11) is 0. The highest BCUT2D eigenvalue weighted by Crippen LogP contribution is 2.30. The molecular formula is C22H24ClN5O3. The van der Waals surface area contributed by atoms with Crippen LogP contribution in [0, 0.1) is 0 Å². The fraction of sp³-hybridized carbons (Fsp3) is 0.364. The number of carbonyl (C=O) groups is 2. The number of aromatic amines is 1. The summed E-state index contributed by atoms with van der Waals surface area (Å²) in [6, 6.07) is 7.14. The third-order valence-electron chi connectivity index (χ3n) is 5.63. The zero-order chi connectivity index (χ0) is 22.0. The molecule has 4 rings (SSSR count). The summed E-state index contributed by atoms with van der Waals surface area (Å²) in [4.78, 5) is 36.5. The van der Waals surface area contributed by atoms with E-state index < -0.39 is 6.10 Å². The van der Waals surface area contributed by atoms with E-state index >= 15 is 0 Å². The molecule has 162 valence electrons. The first-order valence-corrected chi connectivity index (χ1v) is 10.7. The number of H-pyrrole nitrogens is 1. The number of amides is 1. The maximum absolute atomic E-state index is 13.1. The smallest absolute Gasteiger partial charge is 0.248 e. The van der Waals surface area contributed by atoms with Crippen LogP contribution in [0.15, 0.2) is 36.8 Å². The van der Waals surface area contributed by atoms with Gasteiger partial charge in [0.2, 0.25) is 5.91 Å². The predicted octanol–water partition coefficient (Wildman–Crippen LogP) is 3.06. The molecule has 3 aromatic rings. The van der Waals surface area contributed by atoms with E-state index in [0.717, 1.165) is 25.7 Å². The average Bonchev–Trinajstić information content (AvgIpc) is 3.20. The number of nitrogens with zero attached hydrogens (tertiary/aromatic N) is 2. The molecule has 1 atom stereocenters. The monoisotopic (exact) mass is 441 g/mol. The highest BCUT2D eigenvalue weighted by Gasteiger charge is 2.26. The Morgan fingerprint density at radius 1 is 1.13 bits per heavy atom. The second-order valence-corrected chi connectivity index (χ2v) is 8.24. The van der Waals surface area contributed by atoms with Crippen molar-refractivity contribution >= 4 is 40.1 Å². The molecule has 1 aliphatic rings. The van der Waals surface area contributed by atoms with Gasteiger partial charge in [-0.25, -0.2) is 9.97 Å². The first-order chi connectivity index (χ1) is 14.9. The van der Waals surface area contributed by atoms with Crippen LogP contribution >= 0.6 is 11.6 Å². The zero-order valence-electron chi connectivity index (χ0n) is 17.1. The Balaban J connectivity index is 1.52. The molecule has 1 saturated carbocycles. The lowest BCUT2D eigenvalue weighted by atomic mass is 9.91.